The predicted octanol–water partition coefficient (Wildman–Crippen LogP) is 4.75. The number of aryl methyl sites for hydroxylation is 1. The van der Waals surface area contributed by atoms with E-state index in [-0.39, 0.29) is 0 Å². The lowest BCUT2D eigenvalue weighted by Gasteiger charge is -2.08. The van der Waals surface area contributed by atoms with Gasteiger partial charge in [0.25, 0.3) is 0 Å². The molecule has 90 valence electrons. The van der Waals surface area contributed by atoms with Gasteiger partial charge in [0.15, 0.2) is 0 Å². The molecule has 1 atom stereocenters. The Hall–Kier alpha value is -0.350. The summed E-state index contributed by atoms with van der Waals surface area (Å²) in [6.07, 6.45) is 0.135. The van der Waals surface area contributed by atoms with Crippen LogP contribution >= 0.6 is 38.9 Å². The van der Waals surface area contributed by atoms with Gasteiger partial charge in [0.05, 0.1) is 10.4 Å². The quantitative estimate of drug-likeness (QED) is 0.860. The fourth-order valence-corrected chi connectivity index (χ4v) is 3.06. The van der Waals surface area contributed by atoms with E-state index in [4.69, 9.17) is 11.6 Å². The minimum atomic E-state index is -0.479. The fraction of sp³-hybridized carbons (Fsp3) is 0.231. The Morgan fingerprint density at radius 1 is 1.35 bits per heavy atom. The van der Waals surface area contributed by atoms with E-state index < -0.39 is 6.10 Å². The van der Waals surface area contributed by atoms with Crippen molar-refractivity contribution >= 4 is 38.9 Å². The summed E-state index contributed by atoms with van der Waals surface area (Å²) >= 11 is 10.8. The maximum absolute atomic E-state index is 10.1. The van der Waals surface area contributed by atoms with Gasteiger partial charge in [-0.05, 0) is 36.2 Å². The van der Waals surface area contributed by atoms with Gasteiger partial charge in [0.2, 0.25) is 0 Å². The van der Waals surface area contributed by atoms with E-state index in [0.29, 0.717) is 6.42 Å². The third-order valence-electron chi connectivity index (χ3n) is 2.55. The molecule has 0 bridgehead atoms. The summed E-state index contributed by atoms with van der Waals surface area (Å²) in [4.78, 5) is 0.926. The van der Waals surface area contributed by atoms with Crippen LogP contribution in [0.25, 0.3) is 0 Å². The Bertz CT molecular complexity index is 487. The molecular weight excluding hydrogens is 320 g/mol. The first-order valence-electron chi connectivity index (χ1n) is 5.24. The fourth-order valence-electron chi connectivity index (χ4n) is 1.59. The molecule has 2 rings (SSSR count). The molecule has 1 aromatic heterocycles. The minimum absolute atomic E-state index is 0.479. The topological polar surface area (TPSA) is 20.2 Å². The summed E-state index contributed by atoms with van der Waals surface area (Å²) in [5.41, 5.74) is 2.14. The standard InChI is InChI=1S/C13H12BrClOS/c1-8-6-12(17-13(8)15)11(16)7-9-2-4-10(14)5-3-9/h2-6,11,16H,7H2,1H3. The van der Waals surface area contributed by atoms with Crippen LogP contribution in [-0.4, -0.2) is 5.11 Å². The summed E-state index contributed by atoms with van der Waals surface area (Å²) in [6, 6.07) is 9.94. The Morgan fingerprint density at radius 2 is 2.00 bits per heavy atom. The van der Waals surface area contributed by atoms with Crippen LogP contribution in [0, 0.1) is 6.92 Å². The SMILES string of the molecule is Cc1cc(C(O)Cc2ccc(Br)cc2)sc1Cl. The van der Waals surface area contributed by atoms with Gasteiger partial charge < -0.3 is 5.11 Å². The van der Waals surface area contributed by atoms with Crippen molar-refractivity contribution in [2.24, 2.45) is 0 Å². The van der Waals surface area contributed by atoms with Gasteiger partial charge >= 0.3 is 0 Å². The number of thiophene rings is 1. The van der Waals surface area contributed by atoms with Crippen LogP contribution in [0.3, 0.4) is 0 Å². The zero-order valence-electron chi connectivity index (χ0n) is 9.28. The zero-order valence-corrected chi connectivity index (χ0v) is 12.4. The number of benzene rings is 1. The van der Waals surface area contributed by atoms with E-state index in [1.54, 1.807) is 0 Å². The Kier molecular flexibility index (Phi) is 4.26. The molecule has 1 aromatic carbocycles. The van der Waals surface area contributed by atoms with Gasteiger partial charge in [0.1, 0.15) is 0 Å². The van der Waals surface area contributed by atoms with Crippen molar-refractivity contribution in [1.29, 1.82) is 0 Å². The molecule has 0 radical (unpaired) electrons. The van der Waals surface area contributed by atoms with E-state index in [1.165, 1.54) is 11.3 Å². The second-order valence-electron chi connectivity index (χ2n) is 3.95. The number of aliphatic hydroxyl groups is 1. The van der Waals surface area contributed by atoms with Crippen LogP contribution in [0.2, 0.25) is 4.34 Å². The van der Waals surface area contributed by atoms with Gasteiger partial charge in [-0.15, -0.1) is 11.3 Å². The van der Waals surface area contributed by atoms with Crippen molar-refractivity contribution in [2.45, 2.75) is 19.4 Å². The Morgan fingerprint density at radius 3 is 2.53 bits per heavy atom. The number of rotatable bonds is 3. The summed E-state index contributed by atoms with van der Waals surface area (Å²) in [5.74, 6) is 0. The Labute approximate surface area is 118 Å². The van der Waals surface area contributed by atoms with Gasteiger partial charge in [0, 0.05) is 15.8 Å². The van der Waals surface area contributed by atoms with Crippen molar-refractivity contribution < 1.29 is 5.11 Å². The molecule has 0 spiro atoms. The van der Waals surface area contributed by atoms with Crippen molar-refractivity contribution in [1.82, 2.24) is 0 Å². The lowest BCUT2D eigenvalue weighted by atomic mass is 10.1. The van der Waals surface area contributed by atoms with Crippen molar-refractivity contribution in [3.63, 3.8) is 0 Å². The van der Waals surface area contributed by atoms with Crippen LogP contribution in [0.15, 0.2) is 34.8 Å². The monoisotopic (exact) mass is 330 g/mol. The second-order valence-corrected chi connectivity index (χ2v) is 6.55. The van der Waals surface area contributed by atoms with E-state index in [0.717, 1.165) is 24.8 Å². The highest BCUT2D eigenvalue weighted by Gasteiger charge is 2.13. The van der Waals surface area contributed by atoms with E-state index in [1.807, 2.05) is 37.3 Å². The molecule has 0 saturated heterocycles. The molecule has 0 aliphatic rings. The second kappa shape index (κ2) is 5.53. The average molecular weight is 332 g/mol. The third-order valence-corrected chi connectivity index (χ3v) is 4.73. The largest absolute Gasteiger partial charge is 0.387 e. The minimum Gasteiger partial charge on any atom is -0.387 e. The maximum Gasteiger partial charge on any atom is 0.0961 e. The number of halogens is 2. The molecule has 0 saturated carbocycles. The van der Waals surface area contributed by atoms with Crippen LogP contribution < -0.4 is 0 Å². The van der Waals surface area contributed by atoms with Crippen LogP contribution in [0.4, 0.5) is 0 Å². The third kappa shape index (κ3) is 3.32. The summed E-state index contributed by atoms with van der Waals surface area (Å²) in [5, 5.41) is 10.1. The van der Waals surface area contributed by atoms with Crippen LogP contribution in [0.1, 0.15) is 22.1 Å². The molecule has 0 aliphatic carbocycles. The molecule has 17 heavy (non-hydrogen) atoms. The molecule has 0 amide bonds. The molecular formula is C13H12BrClOS. The highest BCUT2D eigenvalue weighted by atomic mass is 79.9. The van der Waals surface area contributed by atoms with E-state index in [9.17, 15) is 5.11 Å². The van der Waals surface area contributed by atoms with E-state index in [2.05, 4.69) is 15.9 Å². The summed E-state index contributed by atoms with van der Waals surface area (Å²) in [7, 11) is 0. The van der Waals surface area contributed by atoms with Crippen molar-refractivity contribution in [3.8, 4) is 0 Å². The first-order chi connectivity index (χ1) is 8.06. The van der Waals surface area contributed by atoms with E-state index >= 15 is 0 Å². The van der Waals surface area contributed by atoms with Crippen LogP contribution in [-0.2, 0) is 6.42 Å². The lowest BCUT2D eigenvalue weighted by molar-refractivity contribution is 0.182. The highest BCUT2D eigenvalue weighted by molar-refractivity contribution is 9.10. The van der Waals surface area contributed by atoms with Gasteiger partial charge in [-0.3, -0.25) is 0 Å². The number of hydrogen-bond acceptors (Lipinski definition) is 2. The first-order valence-corrected chi connectivity index (χ1v) is 7.23. The van der Waals surface area contributed by atoms with Gasteiger partial charge in [-0.1, -0.05) is 39.7 Å². The number of aliphatic hydroxyl groups excluding tert-OH is 1. The normalized spacial score (nSPS) is 12.7. The molecule has 4 heteroatoms. The predicted molar refractivity (Wildman–Crippen MR) is 76.9 cm³/mol. The molecule has 1 unspecified atom stereocenters. The molecule has 1 nitrogen and oxygen atoms in total. The van der Waals surface area contributed by atoms with Crippen molar-refractivity contribution in [2.75, 3.05) is 0 Å². The molecule has 2 aromatic rings. The molecule has 0 aliphatic heterocycles. The van der Waals surface area contributed by atoms with Crippen LogP contribution in [0.5, 0.6) is 0 Å². The highest BCUT2D eigenvalue weighted by Crippen LogP contribution is 2.32. The molecule has 1 heterocycles. The molecule has 1 N–H and O–H groups in total. The average Bonchev–Trinajstić information content (AvgIpc) is 2.63. The molecule has 0 fully saturated rings. The smallest absolute Gasteiger partial charge is 0.0961 e. The Balaban J connectivity index is 2.11. The first kappa shape index (κ1) is 13.1. The number of hydrogen-bond donors (Lipinski definition) is 1. The zero-order chi connectivity index (χ0) is 12.4. The van der Waals surface area contributed by atoms with Gasteiger partial charge in [-0.25, -0.2) is 0 Å². The summed E-state index contributed by atoms with van der Waals surface area (Å²) in [6.45, 7) is 1.95. The maximum atomic E-state index is 10.1. The van der Waals surface area contributed by atoms with Crippen molar-refractivity contribution in [3.05, 3.63) is 55.1 Å². The van der Waals surface area contributed by atoms with Gasteiger partial charge in [-0.2, -0.15) is 0 Å². The summed E-state index contributed by atoms with van der Waals surface area (Å²) < 4.78 is 1.81. The lowest BCUT2D eigenvalue weighted by Crippen LogP contribution is -1.99.